The number of fused-ring (bicyclic) bond motifs is 1. The number of anilines is 1. The van der Waals surface area contributed by atoms with Crippen molar-refractivity contribution in [2.24, 2.45) is 5.92 Å². The molecule has 5 heteroatoms. The van der Waals surface area contributed by atoms with Crippen molar-refractivity contribution in [2.45, 2.75) is 52.5 Å². The number of rotatable bonds is 6. The van der Waals surface area contributed by atoms with Gasteiger partial charge in [-0.05, 0) is 31.6 Å². The highest BCUT2D eigenvalue weighted by Crippen LogP contribution is 2.32. The fraction of sp³-hybridized carbons (Fsp3) is 0.667. The van der Waals surface area contributed by atoms with E-state index in [2.05, 4.69) is 46.8 Å². The second-order valence-electron chi connectivity index (χ2n) is 6.04. The van der Waals surface area contributed by atoms with E-state index in [1.54, 1.807) is 6.33 Å². The van der Waals surface area contributed by atoms with Crippen molar-refractivity contribution >= 4 is 11.6 Å². The van der Waals surface area contributed by atoms with Gasteiger partial charge in [0.25, 0.3) is 5.78 Å². The molecule has 0 atom stereocenters. The maximum Gasteiger partial charge on any atom is 0.254 e. The third-order valence-electron chi connectivity index (χ3n) is 3.88. The molecule has 0 bridgehead atoms. The lowest BCUT2D eigenvalue weighted by atomic mass is 10.1. The molecule has 5 nitrogen and oxygen atoms in total. The van der Waals surface area contributed by atoms with E-state index in [0.717, 1.165) is 36.2 Å². The first-order chi connectivity index (χ1) is 9.69. The zero-order chi connectivity index (χ0) is 14.1. The molecule has 2 aromatic heterocycles. The summed E-state index contributed by atoms with van der Waals surface area (Å²) in [7, 11) is 0. The van der Waals surface area contributed by atoms with Gasteiger partial charge < -0.3 is 4.90 Å². The zero-order valence-electron chi connectivity index (χ0n) is 12.6. The monoisotopic (exact) mass is 273 g/mol. The van der Waals surface area contributed by atoms with Gasteiger partial charge in [-0.1, -0.05) is 20.8 Å². The summed E-state index contributed by atoms with van der Waals surface area (Å²) in [4.78, 5) is 11.3. The van der Waals surface area contributed by atoms with Crippen molar-refractivity contribution in [2.75, 3.05) is 11.4 Å². The lowest BCUT2D eigenvalue weighted by Crippen LogP contribution is -2.30. The first-order valence-electron chi connectivity index (χ1n) is 7.65. The molecule has 0 amide bonds. The van der Waals surface area contributed by atoms with Crippen LogP contribution in [0.4, 0.5) is 5.82 Å². The molecule has 0 spiro atoms. The van der Waals surface area contributed by atoms with Gasteiger partial charge in [-0.3, -0.25) is 0 Å². The molecule has 0 N–H and O–H groups in total. The largest absolute Gasteiger partial charge is 0.353 e. The fourth-order valence-electron chi connectivity index (χ4n) is 2.50. The molecular weight excluding hydrogens is 250 g/mol. The second-order valence-corrected chi connectivity index (χ2v) is 6.04. The van der Waals surface area contributed by atoms with Gasteiger partial charge in [0.2, 0.25) is 0 Å². The van der Waals surface area contributed by atoms with Crippen LogP contribution >= 0.6 is 0 Å². The van der Waals surface area contributed by atoms with Crippen molar-refractivity contribution in [3.05, 3.63) is 18.1 Å². The van der Waals surface area contributed by atoms with E-state index in [1.165, 1.54) is 19.3 Å². The van der Waals surface area contributed by atoms with Crippen molar-refractivity contribution in [1.29, 1.82) is 0 Å². The van der Waals surface area contributed by atoms with Gasteiger partial charge >= 0.3 is 0 Å². The number of hydrogen-bond acceptors (Lipinski definition) is 4. The van der Waals surface area contributed by atoms with Crippen molar-refractivity contribution in [3.8, 4) is 0 Å². The second kappa shape index (κ2) is 5.38. The number of aromatic nitrogens is 4. The Bertz CT molecular complexity index is 585. The summed E-state index contributed by atoms with van der Waals surface area (Å²) >= 11 is 0. The van der Waals surface area contributed by atoms with Crippen LogP contribution in [0.3, 0.4) is 0 Å². The highest BCUT2D eigenvalue weighted by atomic mass is 15.4. The van der Waals surface area contributed by atoms with Crippen LogP contribution in [0.2, 0.25) is 0 Å². The molecule has 0 aromatic carbocycles. The van der Waals surface area contributed by atoms with E-state index in [9.17, 15) is 0 Å². The lowest BCUT2D eigenvalue weighted by Gasteiger charge is -2.26. The van der Waals surface area contributed by atoms with Crippen molar-refractivity contribution in [1.82, 2.24) is 19.6 Å². The molecule has 2 heterocycles. The summed E-state index contributed by atoms with van der Waals surface area (Å²) in [6.45, 7) is 7.78. The standard InChI is InChI=1S/C15H23N5/c1-4-12-9-14(20-15(18-12)16-10-17-20)19(13-5-6-13)8-7-11(2)3/h9-11,13H,4-8H2,1-3H3. The minimum absolute atomic E-state index is 0.674. The van der Waals surface area contributed by atoms with E-state index in [-0.39, 0.29) is 0 Å². The molecule has 1 aliphatic carbocycles. The van der Waals surface area contributed by atoms with Gasteiger partial charge in [0.15, 0.2) is 0 Å². The van der Waals surface area contributed by atoms with Crippen LogP contribution < -0.4 is 4.90 Å². The summed E-state index contributed by atoms with van der Waals surface area (Å²) in [6.07, 6.45) is 6.31. The minimum Gasteiger partial charge on any atom is -0.353 e. The summed E-state index contributed by atoms with van der Waals surface area (Å²) in [5, 5.41) is 4.35. The topological polar surface area (TPSA) is 46.3 Å². The number of aryl methyl sites for hydroxylation is 1. The minimum atomic E-state index is 0.674. The molecule has 0 unspecified atom stereocenters. The van der Waals surface area contributed by atoms with Crippen LogP contribution in [0.25, 0.3) is 5.78 Å². The molecule has 108 valence electrons. The quantitative estimate of drug-likeness (QED) is 0.812. The normalized spacial score (nSPS) is 15.2. The van der Waals surface area contributed by atoms with Gasteiger partial charge in [-0.2, -0.15) is 14.6 Å². The van der Waals surface area contributed by atoms with Crippen LogP contribution in [0, 0.1) is 5.92 Å². The Morgan fingerprint density at radius 1 is 1.40 bits per heavy atom. The first-order valence-corrected chi connectivity index (χ1v) is 7.65. The fourth-order valence-corrected chi connectivity index (χ4v) is 2.50. The van der Waals surface area contributed by atoms with Gasteiger partial charge in [-0.25, -0.2) is 4.98 Å². The SMILES string of the molecule is CCc1cc(N(CCC(C)C)C2CC2)n2ncnc2n1. The molecule has 1 saturated carbocycles. The Hall–Kier alpha value is -1.65. The Labute approximate surface area is 120 Å². The van der Waals surface area contributed by atoms with E-state index < -0.39 is 0 Å². The van der Waals surface area contributed by atoms with E-state index in [1.807, 2.05) is 4.52 Å². The maximum atomic E-state index is 4.53. The summed E-state index contributed by atoms with van der Waals surface area (Å²) in [5.74, 6) is 2.59. The molecule has 3 rings (SSSR count). The van der Waals surface area contributed by atoms with Gasteiger partial charge in [0.1, 0.15) is 12.1 Å². The number of hydrogen-bond donors (Lipinski definition) is 0. The highest BCUT2D eigenvalue weighted by Gasteiger charge is 2.31. The summed E-state index contributed by atoms with van der Waals surface area (Å²) < 4.78 is 1.89. The van der Waals surface area contributed by atoms with E-state index in [0.29, 0.717) is 6.04 Å². The zero-order valence-corrected chi connectivity index (χ0v) is 12.6. The maximum absolute atomic E-state index is 4.53. The number of nitrogens with zero attached hydrogens (tertiary/aromatic N) is 5. The third kappa shape index (κ3) is 2.62. The Balaban J connectivity index is 1.98. The van der Waals surface area contributed by atoms with Crippen molar-refractivity contribution < 1.29 is 0 Å². The van der Waals surface area contributed by atoms with Gasteiger partial charge in [0, 0.05) is 24.3 Å². The Kier molecular flexibility index (Phi) is 3.59. The predicted octanol–water partition coefficient (Wildman–Crippen LogP) is 2.70. The molecule has 1 aliphatic rings. The lowest BCUT2D eigenvalue weighted by molar-refractivity contribution is 0.565. The third-order valence-corrected chi connectivity index (χ3v) is 3.88. The molecular formula is C15H23N5. The molecule has 1 fully saturated rings. The summed E-state index contributed by atoms with van der Waals surface area (Å²) in [6, 6.07) is 2.86. The molecule has 0 saturated heterocycles. The smallest absolute Gasteiger partial charge is 0.254 e. The Morgan fingerprint density at radius 2 is 2.20 bits per heavy atom. The van der Waals surface area contributed by atoms with E-state index >= 15 is 0 Å². The summed E-state index contributed by atoms with van der Waals surface area (Å²) in [5.41, 5.74) is 1.09. The van der Waals surface area contributed by atoms with Crippen LogP contribution in [0.15, 0.2) is 12.4 Å². The average molecular weight is 273 g/mol. The van der Waals surface area contributed by atoms with Crippen LogP contribution in [0.5, 0.6) is 0 Å². The molecule has 0 radical (unpaired) electrons. The molecule has 0 aliphatic heterocycles. The van der Waals surface area contributed by atoms with Gasteiger partial charge in [0.05, 0.1) is 0 Å². The Morgan fingerprint density at radius 3 is 2.85 bits per heavy atom. The van der Waals surface area contributed by atoms with Crippen LogP contribution in [-0.2, 0) is 6.42 Å². The van der Waals surface area contributed by atoms with Crippen molar-refractivity contribution in [3.63, 3.8) is 0 Å². The molecule has 2 aromatic rings. The molecule has 20 heavy (non-hydrogen) atoms. The predicted molar refractivity (Wildman–Crippen MR) is 80.0 cm³/mol. The first kappa shape index (κ1) is 13.3. The van der Waals surface area contributed by atoms with Crippen LogP contribution in [-0.4, -0.2) is 32.2 Å². The van der Waals surface area contributed by atoms with Crippen LogP contribution in [0.1, 0.15) is 45.7 Å². The van der Waals surface area contributed by atoms with E-state index in [4.69, 9.17) is 0 Å². The highest BCUT2D eigenvalue weighted by molar-refractivity contribution is 5.49. The van der Waals surface area contributed by atoms with Gasteiger partial charge in [-0.15, -0.1) is 0 Å². The average Bonchev–Trinajstić information content (AvgIpc) is 3.15.